The van der Waals surface area contributed by atoms with E-state index in [9.17, 15) is 4.79 Å². The summed E-state index contributed by atoms with van der Waals surface area (Å²) < 4.78 is 7.11. The monoisotopic (exact) mass is 207 g/mol. The predicted molar refractivity (Wildman–Crippen MR) is 52.5 cm³/mol. The van der Waals surface area contributed by atoms with E-state index in [0.717, 1.165) is 19.3 Å². The Labute approximate surface area is 87.4 Å². The summed E-state index contributed by atoms with van der Waals surface area (Å²) in [5.74, 6) is 0. The van der Waals surface area contributed by atoms with Gasteiger partial charge in [0.15, 0.2) is 0 Å². The van der Waals surface area contributed by atoms with Gasteiger partial charge >= 0.3 is 6.03 Å². The third-order valence-electron chi connectivity index (χ3n) is 3.15. The molecule has 3 rings (SSSR count). The third-order valence-corrected chi connectivity index (χ3v) is 3.15. The van der Waals surface area contributed by atoms with Crippen LogP contribution in [0.4, 0.5) is 4.79 Å². The quantitative estimate of drug-likeness (QED) is 0.739. The minimum atomic E-state index is -0.117. The van der Waals surface area contributed by atoms with Crippen molar-refractivity contribution in [2.24, 2.45) is 0 Å². The Morgan fingerprint density at radius 2 is 2.47 bits per heavy atom. The summed E-state index contributed by atoms with van der Waals surface area (Å²) >= 11 is 0. The van der Waals surface area contributed by atoms with Gasteiger partial charge in [-0.05, 0) is 19.3 Å². The third kappa shape index (κ3) is 1.52. The van der Waals surface area contributed by atoms with E-state index in [1.807, 2.05) is 0 Å². The molecule has 2 fully saturated rings. The molecule has 3 atom stereocenters. The second kappa shape index (κ2) is 3.34. The maximum Gasteiger partial charge on any atom is 0.327 e. The van der Waals surface area contributed by atoms with Crippen molar-refractivity contribution in [3.8, 4) is 0 Å². The molecule has 80 valence electrons. The first kappa shape index (κ1) is 8.91. The molecule has 1 amide bonds. The first-order chi connectivity index (χ1) is 7.33. The Kier molecular flexibility index (Phi) is 1.98. The molecule has 1 aromatic rings. The Bertz CT molecular complexity index is 363. The minimum absolute atomic E-state index is 0.117. The normalized spacial score (nSPS) is 33.2. The van der Waals surface area contributed by atoms with Crippen molar-refractivity contribution in [2.45, 2.75) is 37.5 Å². The summed E-state index contributed by atoms with van der Waals surface area (Å²) in [6, 6.07) is 0.0623. The van der Waals surface area contributed by atoms with Crippen LogP contribution in [0.15, 0.2) is 18.7 Å². The fraction of sp³-hybridized carbons (Fsp3) is 0.600. The van der Waals surface area contributed by atoms with Gasteiger partial charge in [0.05, 0.1) is 18.2 Å². The molecule has 3 heterocycles. The van der Waals surface area contributed by atoms with E-state index in [1.165, 1.54) is 10.9 Å². The summed E-state index contributed by atoms with van der Waals surface area (Å²) in [7, 11) is 0. The SMILES string of the molecule is O=C(NC1CC2CCC1O2)n1ccnc1. The molecule has 0 radical (unpaired) electrons. The highest BCUT2D eigenvalue weighted by atomic mass is 16.5. The average molecular weight is 207 g/mol. The van der Waals surface area contributed by atoms with Gasteiger partial charge in [0.2, 0.25) is 0 Å². The summed E-state index contributed by atoms with van der Waals surface area (Å²) in [5.41, 5.74) is 0. The highest BCUT2D eigenvalue weighted by molar-refractivity contribution is 5.76. The topological polar surface area (TPSA) is 56.1 Å². The average Bonchev–Trinajstić information content (AvgIpc) is 2.95. The van der Waals surface area contributed by atoms with E-state index in [-0.39, 0.29) is 18.2 Å². The number of aromatic nitrogens is 2. The van der Waals surface area contributed by atoms with Crippen LogP contribution < -0.4 is 5.32 Å². The van der Waals surface area contributed by atoms with Gasteiger partial charge in [0.1, 0.15) is 6.33 Å². The van der Waals surface area contributed by atoms with E-state index in [2.05, 4.69) is 10.3 Å². The zero-order valence-corrected chi connectivity index (χ0v) is 8.30. The number of ether oxygens (including phenoxy) is 1. The second-order valence-electron chi connectivity index (χ2n) is 4.14. The van der Waals surface area contributed by atoms with Crippen LogP contribution in [0.1, 0.15) is 19.3 Å². The van der Waals surface area contributed by atoms with Gasteiger partial charge in [0, 0.05) is 12.4 Å². The standard InChI is InChI=1S/C10H13N3O2/c14-10(13-4-3-11-6-13)12-8-5-7-1-2-9(8)15-7/h3-4,6-9H,1-2,5H2,(H,12,14). The lowest BCUT2D eigenvalue weighted by Gasteiger charge is -2.19. The Morgan fingerprint density at radius 1 is 1.53 bits per heavy atom. The van der Waals surface area contributed by atoms with E-state index in [4.69, 9.17) is 4.74 Å². The Balaban J connectivity index is 1.64. The fourth-order valence-corrected chi connectivity index (χ4v) is 2.40. The zero-order valence-electron chi connectivity index (χ0n) is 8.30. The van der Waals surface area contributed by atoms with Gasteiger partial charge in [-0.1, -0.05) is 0 Å². The van der Waals surface area contributed by atoms with Crippen LogP contribution in [0, 0.1) is 0 Å². The molecule has 0 aromatic carbocycles. The minimum Gasteiger partial charge on any atom is -0.373 e. The molecular weight excluding hydrogens is 194 g/mol. The molecule has 2 aliphatic rings. The molecule has 2 saturated heterocycles. The van der Waals surface area contributed by atoms with Crippen molar-refractivity contribution in [2.75, 3.05) is 0 Å². The van der Waals surface area contributed by atoms with Crippen molar-refractivity contribution >= 4 is 6.03 Å². The molecule has 0 aliphatic carbocycles. The van der Waals surface area contributed by atoms with Gasteiger partial charge in [0.25, 0.3) is 0 Å². The van der Waals surface area contributed by atoms with E-state index < -0.39 is 0 Å². The van der Waals surface area contributed by atoms with Crippen LogP contribution in [0.25, 0.3) is 0 Å². The largest absolute Gasteiger partial charge is 0.373 e. The molecule has 5 heteroatoms. The lowest BCUT2D eigenvalue weighted by molar-refractivity contribution is 0.0981. The van der Waals surface area contributed by atoms with Crippen LogP contribution in [0.3, 0.4) is 0 Å². The molecule has 1 N–H and O–H groups in total. The van der Waals surface area contributed by atoms with Gasteiger partial charge in [-0.15, -0.1) is 0 Å². The van der Waals surface area contributed by atoms with E-state index in [0.29, 0.717) is 6.10 Å². The number of hydrogen-bond donors (Lipinski definition) is 1. The maximum atomic E-state index is 11.7. The van der Waals surface area contributed by atoms with Crippen LogP contribution in [0.2, 0.25) is 0 Å². The number of nitrogens with one attached hydrogen (secondary N) is 1. The molecule has 15 heavy (non-hydrogen) atoms. The van der Waals surface area contributed by atoms with Crippen molar-refractivity contribution in [1.82, 2.24) is 14.9 Å². The number of carbonyl (C=O) groups is 1. The summed E-state index contributed by atoms with van der Waals surface area (Å²) in [6.07, 6.45) is 8.49. The van der Waals surface area contributed by atoms with Gasteiger partial charge in [-0.25, -0.2) is 9.78 Å². The number of carbonyl (C=O) groups excluding carboxylic acids is 1. The van der Waals surface area contributed by atoms with Crippen LogP contribution >= 0.6 is 0 Å². The van der Waals surface area contributed by atoms with Crippen LogP contribution in [-0.2, 0) is 4.74 Å². The first-order valence-electron chi connectivity index (χ1n) is 5.27. The molecule has 1 aromatic heterocycles. The number of hydrogen-bond acceptors (Lipinski definition) is 3. The number of nitrogens with zero attached hydrogens (tertiary/aromatic N) is 2. The number of fused-ring (bicyclic) bond motifs is 2. The predicted octanol–water partition coefficient (Wildman–Crippen LogP) is 0.761. The second-order valence-corrected chi connectivity index (χ2v) is 4.14. The van der Waals surface area contributed by atoms with Crippen molar-refractivity contribution in [3.05, 3.63) is 18.7 Å². The number of rotatable bonds is 1. The van der Waals surface area contributed by atoms with Gasteiger partial charge < -0.3 is 10.1 Å². The van der Waals surface area contributed by atoms with E-state index >= 15 is 0 Å². The summed E-state index contributed by atoms with van der Waals surface area (Å²) in [4.78, 5) is 15.5. The van der Waals surface area contributed by atoms with Crippen LogP contribution in [-0.4, -0.2) is 33.8 Å². The molecular formula is C10H13N3O2. The fourth-order valence-electron chi connectivity index (χ4n) is 2.40. The lowest BCUT2D eigenvalue weighted by Crippen LogP contribution is -2.43. The number of imidazole rings is 1. The van der Waals surface area contributed by atoms with Crippen molar-refractivity contribution in [3.63, 3.8) is 0 Å². The maximum absolute atomic E-state index is 11.7. The Hall–Kier alpha value is -1.36. The molecule has 0 saturated carbocycles. The van der Waals surface area contributed by atoms with Crippen LogP contribution in [0.5, 0.6) is 0 Å². The molecule has 2 bridgehead atoms. The molecule has 2 aliphatic heterocycles. The molecule has 3 unspecified atom stereocenters. The molecule has 5 nitrogen and oxygen atoms in total. The zero-order chi connectivity index (χ0) is 10.3. The van der Waals surface area contributed by atoms with Gasteiger partial charge in [-0.3, -0.25) is 4.57 Å². The number of amides is 1. The smallest absolute Gasteiger partial charge is 0.327 e. The summed E-state index contributed by atoms with van der Waals surface area (Å²) in [6.45, 7) is 0. The summed E-state index contributed by atoms with van der Waals surface area (Å²) in [5, 5.41) is 2.97. The van der Waals surface area contributed by atoms with Crippen molar-refractivity contribution in [1.29, 1.82) is 0 Å². The highest BCUT2D eigenvalue weighted by Crippen LogP contribution is 2.34. The lowest BCUT2D eigenvalue weighted by atomic mass is 9.96. The Morgan fingerprint density at radius 3 is 3.07 bits per heavy atom. The van der Waals surface area contributed by atoms with E-state index in [1.54, 1.807) is 12.4 Å². The van der Waals surface area contributed by atoms with Gasteiger partial charge in [-0.2, -0.15) is 0 Å². The molecule has 0 spiro atoms. The van der Waals surface area contributed by atoms with Crippen molar-refractivity contribution < 1.29 is 9.53 Å². The highest BCUT2D eigenvalue weighted by Gasteiger charge is 2.41. The first-order valence-corrected chi connectivity index (χ1v) is 5.27.